The van der Waals surface area contributed by atoms with Crippen molar-refractivity contribution in [2.45, 2.75) is 57.5 Å². The number of aliphatic hydroxyl groups excluding tert-OH is 1. The fourth-order valence-corrected chi connectivity index (χ4v) is 3.42. The summed E-state index contributed by atoms with van der Waals surface area (Å²) < 4.78 is 19.2. The number of nitrogens with one attached hydrogen (secondary N) is 2. The number of nitrogens with zero attached hydrogens (tertiary/aromatic N) is 3. The number of aromatic nitrogens is 4. The molecule has 11 nitrogen and oxygen atoms in total. The van der Waals surface area contributed by atoms with Crippen molar-refractivity contribution < 1.29 is 24.1 Å². The summed E-state index contributed by atoms with van der Waals surface area (Å²) in [5.41, 5.74) is -0.140. The van der Waals surface area contributed by atoms with Gasteiger partial charge in [-0.2, -0.15) is 4.98 Å². The summed E-state index contributed by atoms with van der Waals surface area (Å²) in [6.07, 6.45) is -0.579. The van der Waals surface area contributed by atoms with Gasteiger partial charge in [-0.05, 0) is 13.8 Å². The second-order valence-electron chi connectivity index (χ2n) is 6.95. The smallest absolute Gasteiger partial charge is 0.280 e. The topological polar surface area (TPSA) is 141 Å². The van der Waals surface area contributed by atoms with Crippen molar-refractivity contribution in [3.8, 4) is 0 Å². The number of aliphatic hydroxyl groups is 1. The molecular formula is C16H21N5O6. The average Bonchev–Trinajstić information content (AvgIpc) is 3.25. The van der Waals surface area contributed by atoms with Gasteiger partial charge in [-0.1, -0.05) is 6.92 Å². The molecule has 27 heavy (non-hydrogen) atoms. The molecule has 0 bridgehead atoms. The van der Waals surface area contributed by atoms with Crippen molar-refractivity contribution in [1.29, 1.82) is 0 Å². The maximum absolute atomic E-state index is 12.3. The molecule has 3 N–H and O–H groups in total. The van der Waals surface area contributed by atoms with Crippen LogP contribution in [0.1, 0.15) is 33.4 Å². The Balaban J connectivity index is 1.75. The first kappa shape index (κ1) is 18.0. The van der Waals surface area contributed by atoms with Crippen molar-refractivity contribution in [3.63, 3.8) is 0 Å². The highest BCUT2D eigenvalue weighted by atomic mass is 16.8. The molecule has 2 aliphatic rings. The Hall–Kier alpha value is -2.34. The molecule has 0 saturated carbocycles. The summed E-state index contributed by atoms with van der Waals surface area (Å²) in [5, 5.41) is 12.2. The van der Waals surface area contributed by atoms with Crippen LogP contribution in [0.2, 0.25) is 0 Å². The molecule has 2 aromatic heterocycles. The largest absolute Gasteiger partial charge is 0.394 e. The predicted molar refractivity (Wildman–Crippen MR) is 91.9 cm³/mol. The number of rotatable bonds is 4. The third-order valence-electron chi connectivity index (χ3n) is 4.59. The number of amides is 1. The molecule has 0 radical (unpaired) electrons. The second kappa shape index (κ2) is 6.37. The van der Waals surface area contributed by atoms with Crippen LogP contribution in [0.5, 0.6) is 0 Å². The minimum Gasteiger partial charge on any atom is -0.394 e. The molecule has 1 amide bonds. The summed E-state index contributed by atoms with van der Waals surface area (Å²) in [4.78, 5) is 34.8. The minimum absolute atomic E-state index is 0.0262. The first-order chi connectivity index (χ1) is 12.8. The van der Waals surface area contributed by atoms with Crippen LogP contribution in [0.25, 0.3) is 11.2 Å². The second-order valence-corrected chi connectivity index (χ2v) is 6.95. The Kier molecular flexibility index (Phi) is 4.26. The fraction of sp³-hybridized carbons (Fsp3) is 0.625. The zero-order chi connectivity index (χ0) is 19.3. The predicted octanol–water partition coefficient (Wildman–Crippen LogP) is -0.122. The van der Waals surface area contributed by atoms with Gasteiger partial charge in [0.15, 0.2) is 23.2 Å². The maximum Gasteiger partial charge on any atom is 0.280 e. The zero-order valence-corrected chi connectivity index (χ0v) is 15.1. The van der Waals surface area contributed by atoms with Crippen molar-refractivity contribution in [2.75, 3.05) is 11.9 Å². The first-order valence-corrected chi connectivity index (χ1v) is 8.71. The lowest BCUT2D eigenvalue weighted by Crippen LogP contribution is -2.31. The van der Waals surface area contributed by atoms with Gasteiger partial charge in [0.05, 0.1) is 12.9 Å². The first-order valence-electron chi connectivity index (χ1n) is 8.71. The highest BCUT2D eigenvalue weighted by molar-refractivity contribution is 5.89. The van der Waals surface area contributed by atoms with Crippen molar-refractivity contribution in [3.05, 3.63) is 16.7 Å². The molecule has 0 aliphatic carbocycles. The molecular weight excluding hydrogens is 358 g/mol. The van der Waals surface area contributed by atoms with Crippen LogP contribution in [0.15, 0.2) is 11.1 Å². The lowest BCUT2D eigenvalue weighted by Gasteiger charge is -2.24. The highest BCUT2D eigenvalue weighted by Crippen LogP contribution is 2.43. The number of carbonyl (C=O) groups excluding carboxylic acids is 1. The highest BCUT2D eigenvalue weighted by Gasteiger charge is 2.56. The number of hydrogen-bond acceptors (Lipinski definition) is 8. The molecule has 2 aliphatic heterocycles. The van der Waals surface area contributed by atoms with E-state index in [1.165, 1.54) is 6.33 Å². The van der Waals surface area contributed by atoms with Crippen LogP contribution in [-0.2, 0) is 19.0 Å². The third-order valence-corrected chi connectivity index (χ3v) is 4.59. The molecule has 2 aromatic rings. The Bertz CT molecular complexity index is 937. The Morgan fingerprint density at radius 2 is 2.15 bits per heavy atom. The van der Waals surface area contributed by atoms with Gasteiger partial charge < -0.3 is 19.3 Å². The number of carbonyl (C=O) groups is 1. The summed E-state index contributed by atoms with van der Waals surface area (Å²) in [6.45, 7) is 5.01. The van der Waals surface area contributed by atoms with Crippen LogP contribution in [0.4, 0.5) is 5.95 Å². The van der Waals surface area contributed by atoms with Crippen LogP contribution >= 0.6 is 0 Å². The molecule has 4 atom stereocenters. The molecule has 146 valence electrons. The zero-order valence-electron chi connectivity index (χ0n) is 15.1. The SMILES string of the molecule is CCC(=O)Nc1nc2c(ncn2[C@@H]2O[C@H](CO)[C@H]3OC(C)(C)O[C@H]32)c(=O)[nH]1. The van der Waals surface area contributed by atoms with Gasteiger partial charge in [0, 0.05) is 6.42 Å². The quantitative estimate of drug-likeness (QED) is 0.668. The Labute approximate surface area is 153 Å². The number of aromatic amines is 1. The molecule has 2 saturated heterocycles. The monoisotopic (exact) mass is 379 g/mol. The Morgan fingerprint density at radius 3 is 2.85 bits per heavy atom. The summed E-state index contributed by atoms with van der Waals surface area (Å²) in [6, 6.07) is 0. The van der Waals surface area contributed by atoms with Gasteiger partial charge in [0.25, 0.3) is 5.56 Å². The van der Waals surface area contributed by atoms with Gasteiger partial charge in [-0.3, -0.25) is 24.5 Å². The van der Waals surface area contributed by atoms with Crippen molar-refractivity contribution >= 4 is 23.0 Å². The van der Waals surface area contributed by atoms with Gasteiger partial charge in [0.2, 0.25) is 11.9 Å². The minimum atomic E-state index is -0.827. The van der Waals surface area contributed by atoms with Crippen LogP contribution in [0, 0.1) is 0 Å². The van der Waals surface area contributed by atoms with E-state index in [4.69, 9.17) is 14.2 Å². The van der Waals surface area contributed by atoms with E-state index >= 15 is 0 Å². The van der Waals surface area contributed by atoms with Gasteiger partial charge in [-0.15, -0.1) is 0 Å². The van der Waals surface area contributed by atoms with Gasteiger partial charge in [-0.25, -0.2) is 4.98 Å². The van der Waals surface area contributed by atoms with Crippen molar-refractivity contribution in [2.24, 2.45) is 0 Å². The maximum atomic E-state index is 12.3. The van der Waals surface area contributed by atoms with E-state index in [-0.39, 0.29) is 36.0 Å². The number of H-pyrrole nitrogens is 1. The average molecular weight is 379 g/mol. The molecule has 4 heterocycles. The molecule has 0 spiro atoms. The van der Waals surface area contributed by atoms with E-state index in [2.05, 4.69) is 20.3 Å². The third kappa shape index (κ3) is 3.02. The van der Waals surface area contributed by atoms with Gasteiger partial charge in [0.1, 0.15) is 18.3 Å². The van der Waals surface area contributed by atoms with Crippen LogP contribution < -0.4 is 10.9 Å². The molecule has 11 heteroatoms. The Morgan fingerprint density at radius 1 is 1.41 bits per heavy atom. The van der Waals surface area contributed by atoms with E-state index in [1.54, 1.807) is 25.3 Å². The fourth-order valence-electron chi connectivity index (χ4n) is 3.42. The van der Waals surface area contributed by atoms with Crippen LogP contribution in [-0.4, -0.2) is 61.2 Å². The number of anilines is 1. The number of fused-ring (bicyclic) bond motifs is 2. The number of imidazole rings is 1. The number of ether oxygens (including phenoxy) is 3. The van der Waals surface area contributed by atoms with E-state index in [9.17, 15) is 14.7 Å². The van der Waals surface area contributed by atoms with Crippen LogP contribution in [0.3, 0.4) is 0 Å². The van der Waals surface area contributed by atoms with E-state index in [0.717, 1.165) is 0 Å². The molecule has 2 fully saturated rings. The number of hydrogen-bond donors (Lipinski definition) is 3. The molecule has 0 aromatic carbocycles. The summed E-state index contributed by atoms with van der Waals surface area (Å²) in [7, 11) is 0. The van der Waals surface area contributed by atoms with Crippen molar-refractivity contribution in [1.82, 2.24) is 19.5 Å². The normalized spacial score (nSPS) is 29.2. The van der Waals surface area contributed by atoms with E-state index in [0.29, 0.717) is 0 Å². The molecule has 0 unspecified atom stereocenters. The van der Waals surface area contributed by atoms with E-state index < -0.39 is 35.9 Å². The lowest BCUT2D eigenvalue weighted by molar-refractivity contribution is -0.199. The van der Waals surface area contributed by atoms with Gasteiger partial charge >= 0.3 is 0 Å². The summed E-state index contributed by atoms with van der Waals surface area (Å²) in [5.74, 6) is -1.08. The van der Waals surface area contributed by atoms with E-state index in [1.807, 2.05) is 0 Å². The summed E-state index contributed by atoms with van der Waals surface area (Å²) >= 11 is 0. The lowest BCUT2D eigenvalue weighted by atomic mass is 10.1. The standard InChI is InChI=1S/C16H21N5O6/c1-4-8(23)18-15-19-12-9(13(24)20-15)17-6-21(12)14-11-10(7(5-22)25-14)26-16(2,3)27-11/h6-7,10-11,14,22H,4-5H2,1-3H3,(H2,18,19,20,23,24)/t7-,10-,11-,14-/m1/s1. The molecule has 4 rings (SSSR count).